The second-order valence-corrected chi connectivity index (χ2v) is 5.24. The molecule has 1 aromatic carbocycles. The van der Waals surface area contributed by atoms with E-state index < -0.39 is 0 Å². The molecule has 0 saturated carbocycles. The molecular weight excluding hydrogens is 243 g/mol. The zero-order chi connectivity index (χ0) is 13.7. The fourth-order valence-electron chi connectivity index (χ4n) is 2.44. The predicted molar refractivity (Wildman–Crippen MR) is 73.4 cm³/mol. The van der Waals surface area contributed by atoms with E-state index in [4.69, 9.17) is 0 Å². The van der Waals surface area contributed by atoms with Gasteiger partial charge in [0.1, 0.15) is 5.82 Å². The van der Waals surface area contributed by atoms with E-state index in [1.165, 1.54) is 12.1 Å². The number of hydrogen-bond acceptors (Lipinski definition) is 2. The van der Waals surface area contributed by atoms with Crippen molar-refractivity contribution in [3.05, 3.63) is 35.6 Å². The number of carbonyl (C=O) groups excluding carboxylic acids is 1. The second-order valence-electron chi connectivity index (χ2n) is 5.24. The van der Waals surface area contributed by atoms with Gasteiger partial charge in [-0.05, 0) is 50.4 Å². The van der Waals surface area contributed by atoms with E-state index in [2.05, 4.69) is 10.6 Å². The lowest BCUT2D eigenvalue weighted by atomic mass is 10.0. The van der Waals surface area contributed by atoms with Crippen LogP contribution in [0.2, 0.25) is 0 Å². The molecule has 0 spiro atoms. The minimum absolute atomic E-state index is 0.0515. The summed E-state index contributed by atoms with van der Waals surface area (Å²) < 4.78 is 12.8. The maximum Gasteiger partial charge on any atom is 0.237 e. The Kier molecular flexibility index (Phi) is 4.91. The lowest BCUT2D eigenvalue weighted by Crippen LogP contribution is -2.49. The van der Waals surface area contributed by atoms with Gasteiger partial charge in [-0.25, -0.2) is 4.39 Å². The molecule has 1 aliphatic rings. The van der Waals surface area contributed by atoms with Gasteiger partial charge in [-0.3, -0.25) is 4.79 Å². The highest BCUT2D eigenvalue weighted by molar-refractivity contribution is 5.82. The number of hydrogen-bond donors (Lipinski definition) is 2. The van der Waals surface area contributed by atoms with Gasteiger partial charge in [0.25, 0.3) is 0 Å². The van der Waals surface area contributed by atoms with Gasteiger partial charge < -0.3 is 10.6 Å². The van der Waals surface area contributed by atoms with Crippen LogP contribution in [0.15, 0.2) is 24.3 Å². The molecule has 1 fully saturated rings. The van der Waals surface area contributed by atoms with Crippen molar-refractivity contribution in [2.75, 3.05) is 6.54 Å². The van der Waals surface area contributed by atoms with Crippen molar-refractivity contribution >= 4 is 5.91 Å². The van der Waals surface area contributed by atoms with Crippen LogP contribution in [0.4, 0.5) is 4.39 Å². The average molecular weight is 264 g/mol. The van der Waals surface area contributed by atoms with Gasteiger partial charge in [0.15, 0.2) is 0 Å². The van der Waals surface area contributed by atoms with Crippen LogP contribution in [0.25, 0.3) is 0 Å². The number of piperidine rings is 1. The summed E-state index contributed by atoms with van der Waals surface area (Å²) in [7, 11) is 0. The fourth-order valence-corrected chi connectivity index (χ4v) is 2.44. The molecular formula is C15H21FN2O. The van der Waals surface area contributed by atoms with Crippen molar-refractivity contribution in [1.82, 2.24) is 10.6 Å². The summed E-state index contributed by atoms with van der Waals surface area (Å²) in [4.78, 5) is 12.0. The summed E-state index contributed by atoms with van der Waals surface area (Å²) in [5.74, 6) is -0.152. The highest BCUT2D eigenvalue weighted by atomic mass is 19.1. The van der Waals surface area contributed by atoms with Crippen LogP contribution in [-0.2, 0) is 11.2 Å². The van der Waals surface area contributed by atoms with Crippen molar-refractivity contribution in [2.45, 2.75) is 44.7 Å². The molecule has 1 saturated heterocycles. The van der Waals surface area contributed by atoms with Crippen molar-refractivity contribution in [1.29, 1.82) is 0 Å². The summed E-state index contributed by atoms with van der Waals surface area (Å²) in [5.41, 5.74) is 1.03. The number of carbonyl (C=O) groups is 1. The predicted octanol–water partition coefficient (Wildman–Crippen LogP) is 2.02. The van der Waals surface area contributed by atoms with Crippen molar-refractivity contribution in [3.63, 3.8) is 0 Å². The molecule has 4 heteroatoms. The Labute approximate surface area is 113 Å². The molecule has 104 valence electrons. The number of nitrogens with one attached hydrogen (secondary N) is 2. The molecule has 0 aliphatic carbocycles. The van der Waals surface area contributed by atoms with Gasteiger partial charge >= 0.3 is 0 Å². The lowest BCUT2D eigenvalue weighted by Gasteiger charge is -2.24. The summed E-state index contributed by atoms with van der Waals surface area (Å²) in [5, 5.41) is 6.25. The van der Waals surface area contributed by atoms with Crippen LogP contribution in [-0.4, -0.2) is 24.5 Å². The highest BCUT2D eigenvalue weighted by Gasteiger charge is 2.21. The molecule has 2 atom stereocenters. The van der Waals surface area contributed by atoms with Gasteiger partial charge in [-0.15, -0.1) is 0 Å². The molecule has 0 aromatic heterocycles. The van der Waals surface area contributed by atoms with Crippen molar-refractivity contribution < 1.29 is 9.18 Å². The van der Waals surface area contributed by atoms with Gasteiger partial charge in [0, 0.05) is 6.04 Å². The molecule has 1 aromatic rings. The quantitative estimate of drug-likeness (QED) is 0.873. The van der Waals surface area contributed by atoms with Crippen LogP contribution in [0.1, 0.15) is 31.7 Å². The summed E-state index contributed by atoms with van der Waals surface area (Å²) >= 11 is 0. The van der Waals surface area contributed by atoms with Gasteiger partial charge in [-0.2, -0.15) is 0 Å². The topological polar surface area (TPSA) is 41.1 Å². The maximum atomic E-state index is 12.8. The molecule has 3 nitrogen and oxygen atoms in total. The summed E-state index contributed by atoms with van der Waals surface area (Å²) in [6.07, 6.45) is 3.89. The summed E-state index contributed by atoms with van der Waals surface area (Å²) in [6.45, 7) is 2.90. The zero-order valence-electron chi connectivity index (χ0n) is 11.3. The first-order chi connectivity index (χ1) is 9.15. The molecule has 1 unspecified atom stereocenters. The van der Waals surface area contributed by atoms with Crippen LogP contribution < -0.4 is 10.6 Å². The Hall–Kier alpha value is -1.42. The molecule has 1 amide bonds. The largest absolute Gasteiger partial charge is 0.352 e. The van der Waals surface area contributed by atoms with Crippen LogP contribution in [0, 0.1) is 5.82 Å². The zero-order valence-corrected chi connectivity index (χ0v) is 11.3. The molecule has 2 rings (SSSR count). The number of rotatable bonds is 4. The molecule has 0 radical (unpaired) electrons. The Morgan fingerprint density at radius 1 is 1.42 bits per heavy atom. The minimum Gasteiger partial charge on any atom is -0.352 e. The smallest absolute Gasteiger partial charge is 0.237 e. The third-order valence-electron chi connectivity index (χ3n) is 3.47. The lowest BCUT2D eigenvalue weighted by molar-refractivity contribution is -0.124. The number of halogens is 1. The Balaban J connectivity index is 1.81. The van der Waals surface area contributed by atoms with E-state index in [0.717, 1.165) is 37.8 Å². The first kappa shape index (κ1) is 14.0. The monoisotopic (exact) mass is 264 g/mol. The number of benzene rings is 1. The Morgan fingerprint density at radius 3 is 2.79 bits per heavy atom. The van der Waals surface area contributed by atoms with E-state index in [9.17, 15) is 9.18 Å². The highest BCUT2D eigenvalue weighted by Crippen LogP contribution is 2.09. The van der Waals surface area contributed by atoms with Crippen LogP contribution in [0.3, 0.4) is 0 Å². The summed E-state index contributed by atoms with van der Waals surface area (Å²) in [6, 6.07) is 6.43. The fraction of sp³-hybridized carbons (Fsp3) is 0.533. The standard InChI is InChI=1S/C15H21FN2O/c1-11(10-12-5-7-13(16)8-6-12)18-15(19)14-4-2-3-9-17-14/h5-8,11,14,17H,2-4,9-10H2,1H3,(H,18,19)/t11?,14-/m0/s1. The van der Waals surface area contributed by atoms with Gasteiger partial charge in [0.05, 0.1) is 6.04 Å². The van der Waals surface area contributed by atoms with Crippen LogP contribution in [0.5, 0.6) is 0 Å². The second kappa shape index (κ2) is 6.66. The molecule has 19 heavy (non-hydrogen) atoms. The van der Waals surface area contributed by atoms with E-state index in [1.54, 1.807) is 12.1 Å². The van der Waals surface area contributed by atoms with E-state index >= 15 is 0 Å². The molecule has 0 bridgehead atoms. The van der Waals surface area contributed by atoms with Crippen molar-refractivity contribution in [3.8, 4) is 0 Å². The van der Waals surface area contributed by atoms with E-state index in [1.807, 2.05) is 6.92 Å². The SMILES string of the molecule is CC(Cc1ccc(F)cc1)NC(=O)[C@@H]1CCCCN1. The molecule has 1 aliphatic heterocycles. The maximum absolute atomic E-state index is 12.8. The first-order valence-electron chi connectivity index (χ1n) is 6.93. The average Bonchev–Trinajstić information content (AvgIpc) is 2.42. The normalized spacial score (nSPS) is 20.8. The third-order valence-corrected chi connectivity index (χ3v) is 3.47. The van der Waals surface area contributed by atoms with Crippen LogP contribution >= 0.6 is 0 Å². The molecule has 2 N–H and O–H groups in total. The van der Waals surface area contributed by atoms with Gasteiger partial charge in [0.2, 0.25) is 5.91 Å². The van der Waals surface area contributed by atoms with Crippen molar-refractivity contribution in [2.24, 2.45) is 0 Å². The molecule has 1 heterocycles. The Bertz CT molecular complexity index is 413. The van der Waals surface area contributed by atoms with E-state index in [0.29, 0.717) is 0 Å². The first-order valence-corrected chi connectivity index (χ1v) is 6.93. The third kappa shape index (κ3) is 4.31. The minimum atomic E-state index is -0.230. The van der Waals surface area contributed by atoms with Gasteiger partial charge in [-0.1, -0.05) is 18.6 Å². The Morgan fingerprint density at radius 2 is 2.16 bits per heavy atom. The van der Waals surface area contributed by atoms with E-state index in [-0.39, 0.29) is 23.8 Å². The number of amides is 1.